The summed E-state index contributed by atoms with van der Waals surface area (Å²) in [6, 6.07) is 7.28. The van der Waals surface area contributed by atoms with E-state index in [1.54, 1.807) is 19.2 Å². The van der Waals surface area contributed by atoms with Crippen LogP contribution in [-0.4, -0.2) is 26.2 Å². The van der Waals surface area contributed by atoms with Crippen LogP contribution in [0, 0.1) is 0 Å². The zero-order valence-electron chi connectivity index (χ0n) is 8.63. The summed E-state index contributed by atoms with van der Waals surface area (Å²) in [6.07, 6.45) is 0.832. The third-order valence-electron chi connectivity index (χ3n) is 1.92. The summed E-state index contributed by atoms with van der Waals surface area (Å²) in [4.78, 5) is 11.6. The van der Waals surface area contributed by atoms with Gasteiger partial charge in [0.2, 0.25) is 0 Å². The summed E-state index contributed by atoms with van der Waals surface area (Å²) in [5, 5.41) is 2.82. The Bertz CT molecular complexity index is 311. The highest BCUT2D eigenvalue weighted by Gasteiger charge is 2.03. The molecule has 0 aliphatic heterocycles. The molecule has 0 unspecified atom stereocenters. The second-order valence-electron chi connectivity index (χ2n) is 3.11. The van der Waals surface area contributed by atoms with Crippen LogP contribution >= 0.6 is 15.9 Å². The van der Waals surface area contributed by atoms with Crippen LogP contribution in [0.2, 0.25) is 0 Å². The number of amides is 1. The fourth-order valence-electron chi connectivity index (χ4n) is 1.12. The van der Waals surface area contributed by atoms with Crippen LogP contribution < -0.4 is 5.32 Å². The number of rotatable bonds is 5. The predicted molar refractivity (Wildman–Crippen MR) is 63.0 cm³/mol. The Labute approximate surface area is 97.9 Å². The molecule has 0 aromatic heterocycles. The fourth-order valence-corrected chi connectivity index (χ4v) is 1.39. The number of hydrogen-bond donors (Lipinski definition) is 1. The van der Waals surface area contributed by atoms with Gasteiger partial charge in [0, 0.05) is 30.3 Å². The molecule has 1 rings (SSSR count). The molecular formula is C11H14BrNO2. The van der Waals surface area contributed by atoms with Crippen LogP contribution in [0.5, 0.6) is 0 Å². The van der Waals surface area contributed by atoms with E-state index >= 15 is 0 Å². The molecule has 0 saturated heterocycles. The highest BCUT2D eigenvalue weighted by Crippen LogP contribution is 2.10. The number of carbonyl (C=O) groups is 1. The topological polar surface area (TPSA) is 38.3 Å². The van der Waals surface area contributed by atoms with E-state index in [9.17, 15) is 4.79 Å². The van der Waals surface area contributed by atoms with Crippen molar-refractivity contribution in [3.63, 3.8) is 0 Å². The summed E-state index contributed by atoms with van der Waals surface area (Å²) in [7, 11) is 1.65. The lowest BCUT2D eigenvalue weighted by Gasteiger charge is -2.04. The number of hydrogen-bond acceptors (Lipinski definition) is 2. The SMILES string of the molecule is COCCCNC(=O)c1ccc(Br)cc1. The van der Waals surface area contributed by atoms with Gasteiger partial charge in [-0.1, -0.05) is 15.9 Å². The second kappa shape index (κ2) is 6.58. The minimum absolute atomic E-state index is 0.0430. The Morgan fingerprint density at radius 3 is 2.67 bits per heavy atom. The molecule has 4 heteroatoms. The second-order valence-corrected chi connectivity index (χ2v) is 4.02. The lowest BCUT2D eigenvalue weighted by atomic mass is 10.2. The van der Waals surface area contributed by atoms with E-state index in [0.29, 0.717) is 18.7 Å². The molecule has 0 bridgehead atoms. The van der Waals surface area contributed by atoms with Crippen molar-refractivity contribution in [2.45, 2.75) is 6.42 Å². The molecular weight excluding hydrogens is 258 g/mol. The van der Waals surface area contributed by atoms with Gasteiger partial charge >= 0.3 is 0 Å². The van der Waals surface area contributed by atoms with Crippen molar-refractivity contribution in [3.8, 4) is 0 Å². The number of ether oxygens (including phenoxy) is 1. The summed E-state index contributed by atoms with van der Waals surface area (Å²) in [5.41, 5.74) is 0.676. The highest BCUT2D eigenvalue weighted by molar-refractivity contribution is 9.10. The minimum Gasteiger partial charge on any atom is -0.385 e. The van der Waals surface area contributed by atoms with Crippen LogP contribution in [-0.2, 0) is 4.74 Å². The molecule has 15 heavy (non-hydrogen) atoms. The molecule has 3 nitrogen and oxygen atoms in total. The van der Waals surface area contributed by atoms with Crippen LogP contribution in [0.25, 0.3) is 0 Å². The van der Waals surface area contributed by atoms with Gasteiger partial charge in [-0.2, -0.15) is 0 Å². The Morgan fingerprint density at radius 1 is 1.40 bits per heavy atom. The summed E-state index contributed by atoms with van der Waals surface area (Å²) >= 11 is 3.32. The maximum absolute atomic E-state index is 11.6. The molecule has 0 atom stereocenters. The van der Waals surface area contributed by atoms with Gasteiger partial charge in [-0.05, 0) is 30.7 Å². The average Bonchev–Trinajstić information content (AvgIpc) is 2.25. The smallest absolute Gasteiger partial charge is 0.251 e. The number of nitrogens with one attached hydrogen (secondary N) is 1. The molecule has 0 radical (unpaired) electrons. The highest BCUT2D eigenvalue weighted by atomic mass is 79.9. The number of benzene rings is 1. The normalized spacial score (nSPS) is 10.0. The molecule has 1 aromatic rings. The standard InChI is InChI=1S/C11H14BrNO2/c1-15-8-2-7-13-11(14)9-3-5-10(12)6-4-9/h3-6H,2,7-8H2,1H3,(H,13,14). The van der Waals surface area contributed by atoms with Gasteiger partial charge in [-0.3, -0.25) is 4.79 Å². The van der Waals surface area contributed by atoms with E-state index in [2.05, 4.69) is 21.2 Å². The third kappa shape index (κ3) is 4.44. The largest absolute Gasteiger partial charge is 0.385 e. The first-order valence-corrected chi connectivity index (χ1v) is 5.56. The third-order valence-corrected chi connectivity index (χ3v) is 2.45. The van der Waals surface area contributed by atoms with Crippen molar-refractivity contribution in [3.05, 3.63) is 34.3 Å². The van der Waals surface area contributed by atoms with Crippen LogP contribution in [0.4, 0.5) is 0 Å². The lowest BCUT2D eigenvalue weighted by Crippen LogP contribution is -2.25. The molecule has 1 aromatic carbocycles. The van der Waals surface area contributed by atoms with Gasteiger partial charge < -0.3 is 10.1 Å². The quantitative estimate of drug-likeness (QED) is 0.835. The van der Waals surface area contributed by atoms with Crippen molar-refractivity contribution in [2.24, 2.45) is 0 Å². The molecule has 0 aliphatic rings. The molecule has 0 spiro atoms. The predicted octanol–water partition coefficient (Wildman–Crippen LogP) is 2.22. The Hall–Kier alpha value is -0.870. The van der Waals surface area contributed by atoms with E-state index in [-0.39, 0.29) is 5.91 Å². The van der Waals surface area contributed by atoms with Crippen molar-refractivity contribution in [1.29, 1.82) is 0 Å². The van der Waals surface area contributed by atoms with E-state index in [0.717, 1.165) is 10.9 Å². The van der Waals surface area contributed by atoms with Gasteiger partial charge in [-0.25, -0.2) is 0 Å². The minimum atomic E-state index is -0.0430. The summed E-state index contributed by atoms with van der Waals surface area (Å²) in [5.74, 6) is -0.0430. The van der Waals surface area contributed by atoms with E-state index in [1.807, 2.05) is 12.1 Å². The van der Waals surface area contributed by atoms with Gasteiger partial charge in [0.1, 0.15) is 0 Å². The summed E-state index contributed by atoms with van der Waals surface area (Å²) in [6.45, 7) is 1.31. The first-order valence-electron chi connectivity index (χ1n) is 4.76. The zero-order chi connectivity index (χ0) is 11.1. The Kier molecular flexibility index (Phi) is 5.36. The van der Waals surface area contributed by atoms with Crippen molar-refractivity contribution in [2.75, 3.05) is 20.3 Å². The first kappa shape index (κ1) is 12.2. The van der Waals surface area contributed by atoms with Crippen molar-refractivity contribution < 1.29 is 9.53 Å². The average molecular weight is 272 g/mol. The Balaban J connectivity index is 2.37. The van der Waals surface area contributed by atoms with Gasteiger partial charge in [0.15, 0.2) is 0 Å². The molecule has 1 amide bonds. The van der Waals surface area contributed by atoms with Gasteiger partial charge in [0.05, 0.1) is 0 Å². The molecule has 0 saturated carbocycles. The fraction of sp³-hybridized carbons (Fsp3) is 0.364. The maximum Gasteiger partial charge on any atom is 0.251 e. The van der Waals surface area contributed by atoms with Gasteiger partial charge in [-0.15, -0.1) is 0 Å². The number of carbonyl (C=O) groups excluding carboxylic acids is 1. The van der Waals surface area contributed by atoms with Crippen molar-refractivity contribution in [1.82, 2.24) is 5.32 Å². The van der Waals surface area contributed by atoms with Crippen LogP contribution in [0.15, 0.2) is 28.7 Å². The number of halogens is 1. The van der Waals surface area contributed by atoms with Gasteiger partial charge in [0.25, 0.3) is 5.91 Å². The Morgan fingerprint density at radius 2 is 2.07 bits per heavy atom. The number of methoxy groups -OCH3 is 1. The molecule has 1 N–H and O–H groups in total. The molecule has 0 aliphatic carbocycles. The van der Waals surface area contributed by atoms with Crippen LogP contribution in [0.3, 0.4) is 0 Å². The van der Waals surface area contributed by atoms with E-state index in [4.69, 9.17) is 4.74 Å². The molecule has 0 heterocycles. The molecule has 0 fully saturated rings. The summed E-state index contributed by atoms with van der Waals surface area (Å²) < 4.78 is 5.86. The molecule has 82 valence electrons. The zero-order valence-corrected chi connectivity index (χ0v) is 10.2. The van der Waals surface area contributed by atoms with Crippen molar-refractivity contribution >= 4 is 21.8 Å². The lowest BCUT2D eigenvalue weighted by molar-refractivity contribution is 0.0948. The van der Waals surface area contributed by atoms with E-state index in [1.165, 1.54) is 0 Å². The van der Waals surface area contributed by atoms with E-state index < -0.39 is 0 Å². The first-order chi connectivity index (χ1) is 7.24. The maximum atomic E-state index is 11.6. The monoisotopic (exact) mass is 271 g/mol. The van der Waals surface area contributed by atoms with Crippen LogP contribution in [0.1, 0.15) is 16.8 Å².